The summed E-state index contributed by atoms with van der Waals surface area (Å²) in [6.07, 6.45) is 8.59. The van der Waals surface area contributed by atoms with Crippen molar-refractivity contribution in [1.29, 1.82) is 0 Å². The smallest absolute Gasteiger partial charge is 0.312 e. The van der Waals surface area contributed by atoms with Gasteiger partial charge in [-0.05, 0) is 74.7 Å². The van der Waals surface area contributed by atoms with Crippen molar-refractivity contribution in [2.75, 3.05) is 7.11 Å². The number of hydrogen-bond acceptors (Lipinski definition) is 2. The van der Waals surface area contributed by atoms with Crippen LogP contribution in [-0.2, 0) is 16.0 Å². The Balaban J connectivity index is 1.67. The van der Waals surface area contributed by atoms with Crippen molar-refractivity contribution in [2.24, 2.45) is 28.6 Å². The number of methoxy groups -OCH3 is 1. The highest BCUT2D eigenvalue weighted by atomic mass is 16.5. The third-order valence-electron chi connectivity index (χ3n) is 7.91. The molecule has 5 atom stereocenters. The first kappa shape index (κ1) is 16.2. The van der Waals surface area contributed by atoms with Crippen LogP contribution in [-0.4, -0.2) is 13.1 Å². The van der Waals surface area contributed by atoms with Gasteiger partial charge >= 0.3 is 5.97 Å². The van der Waals surface area contributed by atoms with E-state index >= 15 is 0 Å². The molecular weight excluding hydrogens is 296 g/mol. The SMILES string of the molecule is COC(=O)C1(C)CCC(Cc2ccc(C)cc2)C12CC1CCCC12. The second-order valence-electron chi connectivity index (χ2n) is 8.79. The summed E-state index contributed by atoms with van der Waals surface area (Å²) in [5, 5.41) is 0. The van der Waals surface area contributed by atoms with Crippen LogP contribution in [0.3, 0.4) is 0 Å². The molecule has 1 aromatic rings. The quantitative estimate of drug-likeness (QED) is 0.736. The molecule has 0 saturated heterocycles. The number of esters is 1. The van der Waals surface area contributed by atoms with Gasteiger partial charge in [-0.1, -0.05) is 42.7 Å². The number of rotatable bonds is 3. The summed E-state index contributed by atoms with van der Waals surface area (Å²) in [6, 6.07) is 8.99. The van der Waals surface area contributed by atoms with Crippen LogP contribution in [0.25, 0.3) is 0 Å². The highest BCUT2D eigenvalue weighted by Crippen LogP contribution is 2.74. The molecule has 3 aliphatic rings. The zero-order valence-corrected chi connectivity index (χ0v) is 15.3. The van der Waals surface area contributed by atoms with Crippen molar-refractivity contribution in [3.8, 4) is 0 Å². The Hall–Kier alpha value is -1.31. The number of ether oxygens (including phenoxy) is 1. The van der Waals surface area contributed by atoms with Crippen molar-refractivity contribution in [3.63, 3.8) is 0 Å². The molecule has 0 radical (unpaired) electrons. The molecule has 0 aliphatic heterocycles. The van der Waals surface area contributed by atoms with E-state index in [1.54, 1.807) is 7.11 Å². The van der Waals surface area contributed by atoms with Gasteiger partial charge in [0.1, 0.15) is 0 Å². The second kappa shape index (κ2) is 5.61. The first-order chi connectivity index (χ1) is 11.5. The molecule has 4 rings (SSSR count). The van der Waals surface area contributed by atoms with E-state index in [0.29, 0.717) is 5.92 Å². The number of carbonyl (C=O) groups excluding carboxylic acids is 1. The van der Waals surface area contributed by atoms with E-state index in [9.17, 15) is 4.79 Å². The van der Waals surface area contributed by atoms with E-state index in [4.69, 9.17) is 4.74 Å². The molecule has 0 amide bonds. The van der Waals surface area contributed by atoms with Gasteiger partial charge in [-0.25, -0.2) is 0 Å². The first-order valence-corrected chi connectivity index (χ1v) is 9.65. The Morgan fingerprint density at radius 1 is 1.21 bits per heavy atom. The van der Waals surface area contributed by atoms with E-state index in [-0.39, 0.29) is 16.8 Å². The average molecular weight is 326 g/mol. The van der Waals surface area contributed by atoms with Crippen LogP contribution in [0, 0.1) is 35.5 Å². The molecule has 2 heteroatoms. The monoisotopic (exact) mass is 326 g/mol. The predicted octanol–water partition coefficient (Wildman–Crippen LogP) is 4.93. The molecule has 24 heavy (non-hydrogen) atoms. The fourth-order valence-electron chi connectivity index (χ4n) is 6.70. The molecule has 0 aromatic heterocycles. The number of carbonyl (C=O) groups is 1. The Morgan fingerprint density at radius 3 is 2.62 bits per heavy atom. The Morgan fingerprint density at radius 2 is 1.96 bits per heavy atom. The molecule has 0 heterocycles. The third-order valence-corrected chi connectivity index (χ3v) is 7.91. The molecule has 2 nitrogen and oxygen atoms in total. The minimum atomic E-state index is -0.275. The molecule has 0 bridgehead atoms. The lowest BCUT2D eigenvalue weighted by molar-refractivity contribution is -0.183. The Bertz CT molecular complexity index is 634. The lowest BCUT2D eigenvalue weighted by Gasteiger charge is -2.60. The van der Waals surface area contributed by atoms with Crippen LogP contribution in [0.5, 0.6) is 0 Å². The molecule has 3 fully saturated rings. The summed E-state index contributed by atoms with van der Waals surface area (Å²) in [5.41, 5.74) is 2.66. The van der Waals surface area contributed by atoms with E-state index in [1.807, 2.05) is 0 Å². The van der Waals surface area contributed by atoms with E-state index in [2.05, 4.69) is 38.1 Å². The van der Waals surface area contributed by atoms with Gasteiger partial charge in [0.25, 0.3) is 0 Å². The zero-order valence-electron chi connectivity index (χ0n) is 15.3. The van der Waals surface area contributed by atoms with Crippen molar-refractivity contribution in [1.82, 2.24) is 0 Å². The van der Waals surface area contributed by atoms with Crippen molar-refractivity contribution in [3.05, 3.63) is 35.4 Å². The molecule has 0 N–H and O–H groups in total. The molecule has 3 saturated carbocycles. The maximum atomic E-state index is 12.8. The molecule has 3 aliphatic carbocycles. The lowest BCUT2D eigenvalue weighted by atomic mass is 9.43. The second-order valence-corrected chi connectivity index (χ2v) is 8.79. The van der Waals surface area contributed by atoms with Gasteiger partial charge in [-0.2, -0.15) is 0 Å². The minimum absolute atomic E-state index is 0.0410. The normalized spacial score (nSPS) is 40.4. The minimum Gasteiger partial charge on any atom is -0.469 e. The highest BCUT2D eigenvalue weighted by Gasteiger charge is 2.71. The Labute approximate surface area is 146 Å². The first-order valence-electron chi connectivity index (χ1n) is 9.65. The molecule has 130 valence electrons. The van der Waals surface area contributed by atoms with Gasteiger partial charge in [-0.3, -0.25) is 4.79 Å². The summed E-state index contributed by atoms with van der Waals surface area (Å²) in [6.45, 7) is 4.35. The predicted molar refractivity (Wildman–Crippen MR) is 95.6 cm³/mol. The molecular formula is C22H30O2. The summed E-state index contributed by atoms with van der Waals surface area (Å²) in [7, 11) is 1.57. The topological polar surface area (TPSA) is 26.3 Å². The van der Waals surface area contributed by atoms with Gasteiger partial charge in [0.05, 0.1) is 12.5 Å². The van der Waals surface area contributed by atoms with Crippen LogP contribution in [0.15, 0.2) is 24.3 Å². The van der Waals surface area contributed by atoms with Crippen molar-refractivity contribution >= 4 is 5.97 Å². The molecule has 1 aromatic carbocycles. The number of hydrogen-bond donors (Lipinski definition) is 0. The van der Waals surface area contributed by atoms with Gasteiger partial charge in [-0.15, -0.1) is 0 Å². The largest absolute Gasteiger partial charge is 0.469 e. The van der Waals surface area contributed by atoms with Gasteiger partial charge in [0, 0.05) is 0 Å². The number of fused-ring (bicyclic) bond motifs is 2. The summed E-state index contributed by atoms with van der Waals surface area (Å²) < 4.78 is 5.29. The lowest BCUT2D eigenvalue weighted by Crippen LogP contribution is -2.59. The summed E-state index contributed by atoms with van der Waals surface area (Å²) in [5.74, 6) is 2.29. The van der Waals surface area contributed by atoms with Crippen LogP contribution < -0.4 is 0 Å². The van der Waals surface area contributed by atoms with Crippen LogP contribution in [0.1, 0.15) is 56.6 Å². The summed E-state index contributed by atoms with van der Waals surface area (Å²) >= 11 is 0. The standard InChI is InChI=1S/C22H30O2/c1-15-7-9-16(10-8-15)13-18-11-12-21(2,20(23)24-3)22(18)14-17-5-4-6-19(17)22/h7-10,17-19H,4-6,11-14H2,1-3H3. The highest BCUT2D eigenvalue weighted by molar-refractivity contribution is 5.78. The van der Waals surface area contributed by atoms with Crippen molar-refractivity contribution in [2.45, 2.75) is 58.8 Å². The van der Waals surface area contributed by atoms with E-state index in [1.165, 1.54) is 43.2 Å². The van der Waals surface area contributed by atoms with Crippen LogP contribution in [0.4, 0.5) is 0 Å². The maximum Gasteiger partial charge on any atom is 0.312 e. The van der Waals surface area contributed by atoms with Crippen LogP contribution >= 0.6 is 0 Å². The third kappa shape index (κ3) is 2.04. The summed E-state index contributed by atoms with van der Waals surface area (Å²) in [4.78, 5) is 12.8. The average Bonchev–Trinajstić information content (AvgIpc) is 3.08. The van der Waals surface area contributed by atoms with Gasteiger partial charge < -0.3 is 4.74 Å². The Kier molecular flexibility index (Phi) is 3.78. The van der Waals surface area contributed by atoms with Crippen molar-refractivity contribution < 1.29 is 9.53 Å². The van der Waals surface area contributed by atoms with Gasteiger partial charge in [0.2, 0.25) is 0 Å². The fraction of sp³-hybridized carbons (Fsp3) is 0.682. The maximum absolute atomic E-state index is 12.8. The van der Waals surface area contributed by atoms with Gasteiger partial charge in [0.15, 0.2) is 0 Å². The zero-order chi connectivity index (χ0) is 16.9. The number of benzene rings is 1. The van der Waals surface area contributed by atoms with E-state index < -0.39 is 0 Å². The van der Waals surface area contributed by atoms with Crippen LogP contribution in [0.2, 0.25) is 0 Å². The number of aryl methyl sites for hydroxylation is 1. The molecule has 1 spiro atoms. The fourth-order valence-corrected chi connectivity index (χ4v) is 6.70. The van der Waals surface area contributed by atoms with E-state index in [0.717, 1.165) is 24.7 Å². The molecule has 5 unspecified atom stereocenters.